The topological polar surface area (TPSA) is 20.2 Å². The molecule has 1 aromatic carbocycles. The van der Waals surface area contributed by atoms with Crippen molar-refractivity contribution in [3.8, 4) is 0 Å². The maximum atomic E-state index is 8.93. The van der Waals surface area contributed by atoms with Gasteiger partial charge in [-0.05, 0) is 30.4 Å². The lowest BCUT2D eigenvalue weighted by Crippen LogP contribution is -1.90. The minimum absolute atomic E-state index is 0.238. The summed E-state index contributed by atoms with van der Waals surface area (Å²) in [7, 11) is 0. The number of fused-ring (bicyclic) bond motifs is 1. The molecule has 0 aliphatic rings. The van der Waals surface area contributed by atoms with Crippen LogP contribution in [-0.2, 0) is 6.42 Å². The normalized spacial score (nSPS) is 10.9. The Kier molecular flexibility index (Phi) is 2.34. The highest BCUT2D eigenvalue weighted by atomic mass is 32.1. The molecular formula is C11H12OS. The molecule has 0 amide bonds. The summed E-state index contributed by atoms with van der Waals surface area (Å²) in [5, 5.41) is 10.2. The van der Waals surface area contributed by atoms with Gasteiger partial charge < -0.3 is 5.11 Å². The third-order valence-corrected chi connectivity index (χ3v) is 3.39. The van der Waals surface area contributed by atoms with Gasteiger partial charge in [0.2, 0.25) is 0 Å². The van der Waals surface area contributed by atoms with Crippen LogP contribution >= 0.6 is 11.3 Å². The SMILES string of the molecule is Cc1sc2ccccc2c1CCO. The molecule has 0 atom stereocenters. The molecule has 1 aromatic heterocycles. The molecule has 1 heterocycles. The zero-order chi connectivity index (χ0) is 9.26. The Morgan fingerprint density at radius 1 is 1.31 bits per heavy atom. The summed E-state index contributed by atoms with van der Waals surface area (Å²) in [4.78, 5) is 1.33. The monoisotopic (exact) mass is 192 g/mol. The summed E-state index contributed by atoms with van der Waals surface area (Å²) in [6, 6.07) is 8.37. The van der Waals surface area contributed by atoms with Gasteiger partial charge in [-0.1, -0.05) is 18.2 Å². The molecule has 0 aliphatic heterocycles. The molecule has 2 aromatic rings. The fraction of sp³-hybridized carbons (Fsp3) is 0.273. The van der Waals surface area contributed by atoms with E-state index in [1.165, 1.54) is 20.5 Å². The van der Waals surface area contributed by atoms with E-state index in [4.69, 9.17) is 5.11 Å². The Balaban J connectivity index is 2.64. The lowest BCUT2D eigenvalue weighted by molar-refractivity contribution is 0.300. The van der Waals surface area contributed by atoms with Crippen molar-refractivity contribution in [2.24, 2.45) is 0 Å². The molecule has 0 fully saturated rings. The molecule has 0 radical (unpaired) electrons. The van der Waals surface area contributed by atoms with Crippen LogP contribution in [0.1, 0.15) is 10.4 Å². The van der Waals surface area contributed by atoms with Crippen LogP contribution in [0.15, 0.2) is 24.3 Å². The minimum Gasteiger partial charge on any atom is -0.396 e. The Hall–Kier alpha value is -0.860. The van der Waals surface area contributed by atoms with Gasteiger partial charge in [0.25, 0.3) is 0 Å². The number of benzene rings is 1. The van der Waals surface area contributed by atoms with Gasteiger partial charge in [-0.25, -0.2) is 0 Å². The van der Waals surface area contributed by atoms with E-state index in [1.54, 1.807) is 0 Å². The lowest BCUT2D eigenvalue weighted by Gasteiger charge is -1.96. The van der Waals surface area contributed by atoms with E-state index in [0.29, 0.717) is 0 Å². The number of aliphatic hydroxyl groups excluding tert-OH is 1. The van der Waals surface area contributed by atoms with Gasteiger partial charge in [-0.2, -0.15) is 0 Å². The molecular weight excluding hydrogens is 180 g/mol. The van der Waals surface area contributed by atoms with Crippen LogP contribution < -0.4 is 0 Å². The predicted octanol–water partition coefficient (Wildman–Crippen LogP) is 2.74. The highest BCUT2D eigenvalue weighted by Crippen LogP contribution is 2.30. The Labute approximate surface area is 81.6 Å². The summed E-state index contributed by atoms with van der Waals surface area (Å²) in [6.45, 7) is 2.36. The zero-order valence-corrected chi connectivity index (χ0v) is 8.40. The first-order valence-corrected chi connectivity index (χ1v) is 5.22. The summed E-state index contributed by atoms with van der Waals surface area (Å²) >= 11 is 1.81. The summed E-state index contributed by atoms with van der Waals surface area (Å²) in [6.07, 6.45) is 0.774. The van der Waals surface area contributed by atoms with Crippen LogP contribution in [0.5, 0.6) is 0 Å². The number of rotatable bonds is 2. The van der Waals surface area contributed by atoms with Crippen molar-refractivity contribution >= 4 is 21.4 Å². The number of hydrogen-bond donors (Lipinski definition) is 1. The second-order valence-electron chi connectivity index (χ2n) is 3.11. The first-order valence-electron chi connectivity index (χ1n) is 4.41. The molecule has 68 valence electrons. The van der Waals surface area contributed by atoms with Crippen LogP contribution in [0.2, 0.25) is 0 Å². The molecule has 0 unspecified atom stereocenters. The van der Waals surface area contributed by atoms with Gasteiger partial charge in [-0.15, -0.1) is 11.3 Å². The van der Waals surface area contributed by atoms with Crippen LogP contribution in [-0.4, -0.2) is 11.7 Å². The Morgan fingerprint density at radius 2 is 2.08 bits per heavy atom. The van der Waals surface area contributed by atoms with Crippen molar-refractivity contribution in [3.05, 3.63) is 34.7 Å². The number of aryl methyl sites for hydroxylation is 1. The highest BCUT2D eigenvalue weighted by molar-refractivity contribution is 7.19. The number of thiophene rings is 1. The summed E-state index contributed by atoms with van der Waals surface area (Å²) < 4.78 is 1.32. The second-order valence-corrected chi connectivity index (χ2v) is 4.36. The average Bonchev–Trinajstić information content (AvgIpc) is 2.44. The van der Waals surface area contributed by atoms with Crippen molar-refractivity contribution in [1.29, 1.82) is 0 Å². The molecule has 1 N–H and O–H groups in total. The van der Waals surface area contributed by atoms with Gasteiger partial charge in [0.05, 0.1) is 0 Å². The van der Waals surface area contributed by atoms with E-state index in [1.807, 2.05) is 11.3 Å². The smallest absolute Gasteiger partial charge is 0.0472 e. The maximum Gasteiger partial charge on any atom is 0.0472 e. The third kappa shape index (κ3) is 1.47. The van der Waals surface area contributed by atoms with Gasteiger partial charge in [0.15, 0.2) is 0 Å². The van der Waals surface area contributed by atoms with Crippen molar-refractivity contribution in [2.75, 3.05) is 6.61 Å². The van der Waals surface area contributed by atoms with E-state index in [0.717, 1.165) is 6.42 Å². The highest BCUT2D eigenvalue weighted by Gasteiger charge is 2.06. The fourth-order valence-corrected chi connectivity index (χ4v) is 2.76. The van der Waals surface area contributed by atoms with E-state index in [-0.39, 0.29) is 6.61 Å². The van der Waals surface area contributed by atoms with Crippen molar-refractivity contribution in [2.45, 2.75) is 13.3 Å². The molecule has 0 saturated heterocycles. The van der Waals surface area contributed by atoms with E-state index < -0.39 is 0 Å². The zero-order valence-electron chi connectivity index (χ0n) is 7.58. The molecule has 2 heteroatoms. The third-order valence-electron chi connectivity index (χ3n) is 2.26. The summed E-state index contributed by atoms with van der Waals surface area (Å²) in [5.41, 5.74) is 1.31. The Morgan fingerprint density at radius 3 is 2.85 bits per heavy atom. The molecule has 0 aliphatic carbocycles. The standard InChI is InChI=1S/C11H12OS/c1-8-9(6-7-12)10-4-2-3-5-11(10)13-8/h2-5,12H,6-7H2,1H3. The van der Waals surface area contributed by atoms with E-state index >= 15 is 0 Å². The first-order chi connectivity index (χ1) is 6.33. The van der Waals surface area contributed by atoms with Gasteiger partial charge in [-0.3, -0.25) is 0 Å². The fourth-order valence-electron chi connectivity index (χ4n) is 1.64. The maximum absolute atomic E-state index is 8.93. The number of hydrogen-bond acceptors (Lipinski definition) is 2. The molecule has 0 saturated carbocycles. The van der Waals surface area contributed by atoms with Crippen molar-refractivity contribution in [1.82, 2.24) is 0 Å². The average molecular weight is 192 g/mol. The van der Waals surface area contributed by atoms with Crippen LogP contribution in [0.25, 0.3) is 10.1 Å². The lowest BCUT2D eigenvalue weighted by atomic mass is 10.1. The Bertz CT molecular complexity index is 417. The quantitative estimate of drug-likeness (QED) is 0.775. The van der Waals surface area contributed by atoms with Crippen LogP contribution in [0, 0.1) is 6.92 Å². The number of aliphatic hydroxyl groups is 1. The van der Waals surface area contributed by atoms with Gasteiger partial charge in [0.1, 0.15) is 0 Å². The minimum atomic E-state index is 0.238. The predicted molar refractivity (Wildman–Crippen MR) is 57.4 cm³/mol. The van der Waals surface area contributed by atoms with E-state index in [2.05, 4.69) is 31.2 Å². The van der Waals surface area contributed by atoms with E-state index in [9.17, 15) is 0 Å². The summed E-state index contributed by atoms with van der Waals surface area (Å²) in [5.74, 6) is 0. The first kappa shape index (κ1) is 8.73. The van der Waals surface area contributed by atoms with Gasteiger partial charge in [0, 0.05) is 16.2 Å². The van der Waals surface area contributed by atoms with Crippen LogP contribution in [0.4, 0.5) is 0 Å². The molecule has 13 heavy (non-hydrogen) atoms. The second kappa shape index (κ2) is 3.48. The van der Waals surface area contributed by atoms with Crippen molar-refractivity contribution < 1.29 is 5.11 Å². The molecule has 1 nitrogen and oxygen atoms in total. The largest absolute Gasteiger partial charge is 0.396 e. The molecule has 0 bridgehead atoms. The van der Waals surface area contributed by atoms with Crippen molar-refractivity contribution in [3.63, 3.8) is 0 Å². The molecule has 2 rings (SSSR count). The van der Waals surface area contributed by atoms with Crippen LogP contribution in [0.3, 0.4) is 0 Å². The molecule has 0 spiro atoms. The van der Waals surface area contributed by atoms with Gasteiger partial charge >= 0.3 is 0 Å².